The van der Waals surface area contributed by atoms with Crippen LogP contribution in [-0.4, -0.2) is 17.2 Å². The maximum Gasteiger partial charge on any atom is 1.00 e. The minimum Gasteiger partial charge on any atom is -0.254 e. The topological polar surface area (TPSA) is 3.24 Å². The summed E-state index contributed by atoms with van der Waals surface area (Å²) >= 11 is 2.18. The quantitative estimate of drug-likeness (QED) is 0.389. The summed E-state index contributed by atoms with van der Waals surface area (Å²) in [6.45, 7) is 0. The van der Waals surface area contributed by atoms with E-state index in [9.17, 15) is 0 Å². The Kier molecular flexibility index (Phi) is 2.30. The largest absolute Gasteiger partial charge is 1.00 e. The molecule has 0 unspecified atom stereocenters. The van der Waals surface area contributed by atoms with Gasteiger partial charge < -0.3 is 0 Å². The number of rotatable bonds is 0. The molecule has 0 radical (unpaired) electrons. The predicted octanol–water partition coefficient (Wildman–Crippen LogP) is 1.01. The minimum absolute atomic E-state index is 0. The fraction of sp³-hybridized carbons (Fsp3) is 1.00. The molecule has 0 amide bonds. The highest BCUT2D eigenvalue weighted by Gasteiger charge is 1.61. The first kappa shape index (κ1) is 4.69. The van der Waals surface area contributed by atoms with E-state index in [1.807, 2.05) is 17.2 Å². The number of halogens is 1. The number of hydrogen-bond acceptors (Lipinski definition) is 1. The van der Waals surface area contributed by atoms with Gasteiger partial charge >= 0.3 is 1.43 Å². The number of nitrogens with zero attached hydrogens (tertiary/aromatic N) is 1. The summed E-state index contributed by atoms with van der Waals surface area (Å²) < 4.78 is 1.97. The van der Waals surface area contributed by atoms with E-state index in [0.717, 1.165) is 0 Å². The van der Waals surface area contributed by atoms with Crippen molar-refractivity contribution in [1.29, 1.82) is 0 Å². The molecule has 0 saturated heterocycles. The molecule has 0 spiro atoms. The highest BCUT2D eigenvalue weighted by molar-refractivity contribution is 14.1. The highest BCUT2D eigenvalue weighted by Crippen LogP contribution is 1.79. The first-order chi connectivity index (χ1) is 1.73. The van der Waals surface area contributed by atoms with Gasteiger partial charge in [0.1, 0.15) is 0 Å². The Morgan fingerprint density at radius 1 is 1.75 bits per heavy atom. The van der Waals surface area contributed by atoms with Crippen molar-refractivity contribution >= 4 is 22.9 Å². The van der Waals surface area contributed by atoms with Crippen LogP contribution < -0.4 is 0 Å². The Bertz CT molecular complexity index is 14.4. The standard InChI is InChI=1S/C2H6IN/c1-4(2)3/h1-2H3/p+1. The summed E-state index contributed by atoms with van der Waals surface area (Å²) in [5.41, 5.74) is 0. The van der Waals surface area contributed by atoms with Crippen LogP contribution in [0, 0.1) is 0 Å². The molecule has 0 heterocycles. The maximum atomic E-state index is 2.18. The van der Waals surface area contributed by atoms with E-state index in [4.69, 9.17) is 0 Å². The first-order valence-corrected chi connectivity index (χ1v) is 2.03. The average molecular weight is 172 g/mol. The molecule has 0 atom stereocenters. The van der Waals surface area contributed by atoms with Crippen molar-refractivity contribution in [2.75, 3.05) is 14.1 Å². The smallest absolute Gasteiger partial charge is 0.254 e. The van der Waals surface area contributed by atoms with Gasteiger partial charge in [0.15, 0.2) is 0 Å². The summed E-state index contributed by atoms with van der Waals surface area (Å²) in [4.78, 5) is 0. The fourth-order valence-electron chi connectivity index (χ4n) is 0. The van der Waals surface area contributed by atoms with Crippen LogP contribution in [0.4, 0.5) is 0 Å². The average Bonchev–Trinajstić information content (AvgIpc) is 0.811. The molecule has 0 saturated carbocycles. The summed E-state index contributed by atoms with van der Waals surface area (Å²) in [5.74, 6) is 0. The van der Waals surface area contributed by atoms with Crippen LogP contribution in [0.25, 0.3) is 0 Å². The zero-order valence-electron chi connectivity index (χ0n) is 3.83. The Balaban J connectivity index is 0. The molecule has 4 heavy (non-hydrogen) atoms. The predicted molar refractivity (Wildman–Crippen MR) is 28.8 cm³/mol. The zero-order valence-corrected chi connectivity index (χ0v) is 4.98. The van der Waals surface area contributed by atoms with Gasteiger partial charge in [0.05, 0.1) is 0 Å². The van der Waals surface area contributed by atoms with E-state index in [1.54, 1.807) is 0 Å². The summed E-state index contributed by atoms with van der Waals surface area (Å²) in [5, 5.41) is 0. The highest BCUT2D eigenvalue weighted by atomic mass is 127. The van der Waals surface area contributed by atoms with Crippen LogP contribution in [0.1, 0.15) is 1.43 Å². The van der Waals surface area contributed by atoms with Crippen LogP contribution in [-0.2, 0) is 0 Å². The van der Waals surface area contributed by atoms with Crippen molar-refractivity contribution in [3.8, 4) is 0 Å². The van der Waals surface area contributed by atoms with E-state index in [1.165, 1.54) is 0 Å². The third-order valence-electron chi connectivity index (χ3n) is 0. The van der Waals surface area contributed by atoms with Gasteiger partial charge in [-0.1, -0.05) is 0 Å². The molecule has 0 aromatic heterocycles. The van der Waals surface area contributed by atoms with E-state index in [0.29, 0.717) is 0 Å². The molecular weight excluding hydrogens is 165 g/mol. The molecule has 0 aliphatic carbocycles. The van der Waals surface area contributed by atoms with Gasteiger partial charge in [0.25, 0.3) is 0 Å². The molecule has 0 bridgehead atoms. The molecule has 0 N–H and O–H groups in total. The Morgan fingerprint density at radius 2 is 1.75 bits per heavy atom. The summed E-state index contributed by atoms with van der Waals surface area (Å²) in [7, 11) is 3.97. The molecule has 0 aliphatic heterocycles. The van der Waals surface area contributed by atoms with Crippen molar-refractivity contribution in [3.63, 3.8) is 0 Å². The lowest BCUT2D eigenvalue weighted by Gasteiger charge is -1.86. The monoisotopic (exact) mass is 172 g/mol. The van der Waals surface area contributed by atoms with Crippen molar-refractivity contribution in [3.05, 3.63) is 0 Å². The maximum absolute atomic E-state index is 2.18. The summed E-state index contributed by atoms with van der Waals surface area (Å²) in [6, 6.07) is 0. The molecule has 1 nitrogen and oxygen atoms in total. The van der Waals surface area contributed by atoms with Crippen molar-refractivity contribution < 1.29 is 1.43 Å². The molecule has 26 valence electrons. The molecule has 0 rings (SSSR count). The molecular formula is C2H7IN+. The lowest BCUT2D eigenvalue weighted by atomic mass is 11.3. The van der Waals surface area contributed by atoms with Gasteiger partial charge in [-0.3, -0.25) is 3.11 Å². The second-order valence-corrected chi connectivity index (χ2v) is 2.72. The molecule has 0 fully saturated rings. The third-order valence-corrected chi connectivity index (χ3v) is 0. The second kappa shape index (κ2) is 1.96. The van der Waals surface area contributed by atoms with Crippen molar-refractivity contribution in [2.45, 2.75) is 0 Å². The third kappa shape index (κ3) is 16.1. The molecule has 0 aliphatic rings. The van der Waals surface area contributed by atoms with Crippen molar-refractivity contribution in [1.82, 2.24) is 3.11 Å². The lowest BCUT2D eigenvalue weighted by Crippen LogP contribution is -1.88. The summed E-state index contributed by atoms with van der Waals surface area (Å²) in [6.07, 6.45) is 0. The van der Waals surface area contributed by atoms with Crippen LogP contribution in [0.15, 0.2) is 0 Å². The van der Waals surface area contributed by atoms with Gasteiger partial charge in [-0.15, -0.1) is 0 Å². The first-order valence-electron chi connectivity index (χ1n) is 1.06. The van der Waals surface area contributed by atoms with Gasteiger partial charge in [-0.2, -0.15) is 0 Å². The van der Waals surface area contributed by atoms with E-state index < -0.39 is 0 Å². The molecule has 0 aromatic rings. The van der Waals surface area contributed by atoms with Crippen LogP contribution >= 0.6 is 22.9 Å². The van der Waals surface area contributed by atoms with Gasteiger partial charge in [-0.25, -0.2) is 0 Å². The van der Waals surface area contributed by atoms with Crippen molar-refractivity contribution in [2.24, 2.45) is 0 Å². The minimum atomic E-state index is 0. The normalized spacial score (nSPS) is 9.00. The second-order valence-electron chi connectivity index (χ2n) is 0.785. The Labute approximate surface area is 42.0 Å². The van der Waals surface area contributed by atoms with E-state index >= 15 is 0 Å². The fourth-order valence-corrected chi connectivity index (χ4v) is 0. The lowest BCUT2D eigenvalue weighted by molar-refractivity contribution is 0.760. The van der Waals surface area contributed by atoms with Crippen LogP contribution in [0.5, 0.6) is 0 Å². The molecule has 0 aromatic carbocycles. The molecule has 2 heteroatoms. The van der Waals surface area contributed by atoms with Gasteiger partial charge in [0, 0.05) is 22.9 Å². The Hall–Kier alpha value is 0.690. The van der Waals surface area contributed by atoms with Crippen LogP contribution in [0.3, 0.4) is 0 Å². The van der Waals surface area contributed by atoms with Crippen LogP contribution in [0.2, 0.25) is 0 Å². The van der Waals surface area contributed by atoms with Gasteiger partial charge in [-0.05, 0) is 14.1 Å². The Morgan fingerprint density at radius 3 is 1.75 bits per heavy atom. The van der Waals surface area contributed by atoms with Gasteiger partial charge in [0.2, 0.25) is 0 Å². The van der Waals surface area contributed by atoms with E-state index in [-0.39, 0.29) is 1.43 Å². The van der Waals surface area contributed by atoms with E-state index in [2.05, 4.69) is 22.9 Å². The zero-order chi connectivity index (χ0) is 3.58. The SMILES string of the molecule is CN(C)I.[H+]. The number of hydrogen-bond donors (Lipinski definition) is 0.